The SMILES string of the molecule is O=C(O)[C@@H]1CCCN1c1nc(C(F)F)nc2c1oc1ccccc12. The molecular weight excluding hydrogens is 320 g/mol. The number of furan rings is 1. The molecule has 1 aliphatic heterocycles. The summed E-state index contributed by atoms with van der Waals surface area (Å²) in [6.07, 6.45) is -1.77. The molecule has 1 aliphatic rings. The minimum Gasteiger partial charge on any atom is -0.480 e. The number of benzene rings is 1. The van der Waals surface area contributed by atoms with Crippen LogP contribution in [0.25, 0.3) is 22.1 Å². The van der Waals surface area contributed by atoms with Crippen molar-refractivity contribution in [1.29, 1.82) is 0 Å². The largest absolute Gasteiger partial charge is 0.480 e. The number of hydrogen-bond acceptors (Lipinski definition) is 5. The number of carboxylic acid groups (broad SMARTS) is 1. The van der Waals surface area contributed by atoms with Gasteiger partial charge in [-0.1, -0.05) is 12.1 Å². The van der Waals surface area contributed by atoms with E-state index in [1.54, 1.807) is 24.3 Å². The first-order chi connectivity index (χ1) is 11.6. The fourth-order valence-corrected chi connectivity index (χ4v) is 3.16. The topological polar surface area (TPSA) is 79.5 Å². The number of alkyl halides is 2. The summed E-state index contributed by atoms with van der Waals surface area (Å²) in [7, 11) is 0. The van der Waals surface area contributed by atoms with E-state index in [-0.39, 0.29) is 16.9 Å². The fourth-order valence-electron chi connectivity index (χ4n) is 3.16. The number of nitrogens with zero attached hydrogens (tertiary/aromatic N) is 3. The second-order valence-electron chi connectivity index (χ2n) is 5.67. The van der Waals surface area contributed by atoms with Gasteiger partial charge in [-0.3, -0.25) is 0 Å². The van der Waals surface area contributed by atoms with E-state index in [4.69, 9.17) is 4.42 Å². The molecule has 0 aliphatic carbocycles. The molecule has 3 heterocycles. The normalized spacial score (nSPS) is 18.1. The Kier molecular flexibility index (Phi) is 3.33. The number of rotatable bonds is 3. The highest BCUT2D eigenvalue weighted by Gasteiger charge is 2.34. The summed E-state index contributed by atoms with van der Waals surface area (Å²) in [5, 5.41) is 9.97. The molecule has 1 fully saturated rings. The number of hydrogen-bond donors (Lipinski definition) is 1. The van der Waals surface area contributed by atoms with Gasteiger partial charge in [-0.15, -0.1) is 0 Å². The molecule has 8 heteroatoms. The average molecular weight is 333 g/mol. The smallest absolute Gasteiger partial charge is 0.326 e. The maximum atomic E-state index is 13.2. The Bertz CT molecular complexity index is 941. The molecular formula is C16H13F2N3O3. The van der Waals surface area contributed by atoms with Crippen LogP contribution in [0.5, 0.6) is 0 Å². The molecule has 4 rings (SSSR count). The zero-order valence-corrected chi connectivity index (χ0v) is 12.4. The maximum Gasteiger partial charge on any atom is 0.326 e. The molecule has 24 heavy (non-hydrogen) atoms. The van der Waals surface area contributed by atoms with Crippen molar-refractivity contribution in [2.75, 3.05) is 11.4 Å². The molecule has 124 valence electrons. The molecule has 0 unspecified atom stereocenters. The Balaban J connectivity index is 2.01. The van der Waals surface area contributed by atoms with E-state index in [1.165, 1.54) is 4.90 Å². The van der Waals surface area contributed by atoms with E-state index < -0.39 is 24.3 Å². The number of carbonyl (C=O) groups is 1. The lowest BCUT2D eigenvalue weighted by Crippen LogP contribution is -2.36. The number of aromatic nitrogens is 2. The van der Waals surface area contributed by atoms with Crippen LogP contribution in [0.15, 0.2) is 28.7 Å². The molecule has 1 N–H and O–H groups in total. The Labute approximate surface area is 134 Å². The fraction of sp³-hybridized carbons (Fsp3) is 0.312. The van der Waals surface area contributed by atoms with Crippen molar-refractivity contribution in [2.45, 2.75) is 25.3 Å². The number of para-hydroxylation sites is 1. The molecule has 2 aromatic heterocycles. The summed E-state index contributed by atoms with van der Waals surface area (Å²) < 4.78 is 32.2. The maximum absolute atomic E-state index is 13.2. The third-order valence-corrected chi connectivity index (χ3v) is 4.22. The molecule has 3 aromatic rings. The number of aliphatic carboxylic acids is 1. The van der Waals surface area contributed by atoms with E-state index >= 15 is 0 Å². The van der Waals surface area contributed by atoms with Gasteiger partial charge in [0.2, 0.25) is 0 Å². The summed E-state index contributed by atoms with van der Waals surface area (Å²) >= 11 is 0. The third-order valence-electron chi connectivity index (χ3n) is 4.22. The summed E-state index contributed by atoms with van der Waals surface area (Å²) in [6.45, 7) is 0.419. The first-order valence-electron chi connectivity index (χ1n) is 7.53. The summed E-state index contributed by atoms with van der Waals surface area (Å²) in [6, 6.07) is 6.16. The minimum atomic E-state index is -2.85. The van der Waals surface area contributed by atoms with Crippen LogP contribution >= 0.6 is 0 Å². The zero-order chi connectivity index (χ0) is 16.8. The summed E-state index contributed by atoms with van der Waals surface area (Å²) in [5.74, 6) is -1.51. The predicted molar refractivity (Wildman–Crippen MR) is 82.3 cm³/mol. The predicted octanol–water partition coefficient (Wildman–Crippen LogP) is 3.37. The molecule has 0 spiro atoms. The highest BCUT2D eigenvalue weighted by atomic mass is 19.3. The Morgan fingerprint density at radius 2 is 2.12 bits per heavy atom. The molecule has 0 radical (unpaired) electrons. The van der Waals surface area contributed by atoms with Crippen LogP contribution in [0, 0.1) is 0 Å². The molecule has 0 saturated carbocycles. The van der Waals surface area contributed by atoms with Crippen molar-refractivity contribution in [3.63, 3.8) is 0 Å². The van der Waals surface area contributed by atoms with Gasteiger partial charge in [0.25, 0.3) is 6.43 Å². The molecule has 1 aromatic carbocycles. The van der Waals surface area contributed by atoms with Crippen LogP contribution in [0.4, 0.5) is 14.6 Å². The third kappa shape index (κ3) is 2.17. The summed E-state index contributed by atoms with van der Waals surface area (Å²) in [4.78, 5) is 20.8. The van der Waals surface area contributed by atoms with Crippen LogP contribution in [0.2, 0.25) is 0 Å². The zero-order valence-electron chi connectivity index (χ0n) is 12.4. The van der Waals surface area contributed by atoms with E-state index in [2.05, 4.69) is 9.97 Å². The van der Waals surface area contributed by atoms with Crippen LogP contribution in [0.1, 0.15) is 25.1 Å². The average Bonchev–Trinajstić information content (AvgIpc) is 3.18. The van der Waals surface area contributed by atoms with Crippen LogP contribution in [-0.4, -0.2) is 33.6 Å². The highest BCUT2D eigenvalue weighted by Crippen LogP contribution is 2.36. The van der Waals surface area contributed by atoms with E-state index in [0.717, 1.165) is 0 Å². The van der Waals surface area contributed by atoms with Crippen LogP contribution < -0.4 is 4.90 Å². The van der Waals surface area contributed by atoms with E-state index in [1.807, 2.05) is 0 Å². The number of halogens is 2. The molecule has 1 atom stereocenters. The van der Waals surface area contributed by atoms with Gasteiger partial charge in [-0.2, -0.15) is 0 Å². The number of anilines is 1. The van der Waals surface area contributed by atoms with Crippen LogP contribution in [-0.2, 0) is 4.79 Å². The van der Waals surface area contributed by atoms with Crippen molar-refractivity contribution < 1.29 is 23.1 Å². The van der Waals surface area contributed by atoms with Gasteiger partial charge in [-0.25, -0.2) is 23.5 Å². The van der Waals surface area contributed by atoms with Gasteiger partial charge < -0.3 is 14.4 Å². The molecule has 1 saturated heterocycles. The second-order valence-corrected chi connectivity index (χ2v) is 5.67. The lowest BCUT2D eigenvalue weighted by molar-refractivity contribution is -0.138. The minimum absolute atomic E-state index is 0.122. The number of carboxylic acids is 1. The lowest BCUT2D eigenvalue weighted by atomic mass is 10.2. The van der Waals surface area contributed by atoms with Gasteiger partial charge in [-0.05, 0) is 25.0 Å². The monoisotopic (exact) mass is 333 g/mol. The quantitative estimate of drug-likeness (QED) is 0.792. The molecule has 0 amide bonds. The molecule has 0 bridgehead atoms. The van der Waals surface area contributed by atoms with Gasteiger partial charge in [0.1, 0.15) is 17.1 Å². The number of fused-ring (bicyclic) bond motifs is 3. The van der Waals surface area contributed by atoms with E-state index in [9.17, 15) is 18.7 Å². The molecule has 6 nitrogen and oxygen atoms in total. The first kappa shape index (κ1) is 14.8. The van der Waals surface area contributed by atoms with Gasteiger partial charge in [0.15, 0.2) is 17.2 Å². The van der Waals surface area contributed by atoms with Crippen molar-refractivity contribution >= 4 is 33.9 Å². The van der Waals surface area contributed by atoms with Gasteiger partial charge >= 0.3 is 5.97 Å². The first-order valence-corrected chi connectivity index (χ1v) is 7.53. The van der Waals surface area contributed by atoms with Crippen LogP contribution in [0.3, 0.4) is 0 Å². The Morgan fingerprint density at radius 1 is 1.33 bits per heavy atom. The highest BCUT2D eigenvalue weighted by molar-refractivity contribution is 6.06. The van der Waals surface area contributed by atoms with Crippen molar-refractivity contribution in [3.8, 4) is 0 Å². The lowest BCUT2D eigenvalue weighted by Gasteiger charge is -2.22. The van der Waals surface area contributed by atoms with Crippen molar-refractivity contribution in [2.24, 2.45) is 0 Å². The second kappa shape index (κ2) is 5.40. The van der Waals surface area contributed by atoms with Crippen molar-refractivity contribution in [3.05, 3.63) is 30.1 Å². The van der Waals surface area contributed by atoms with Gasteiger partial charge in [0, 0.05) is 11.9 Å². The Hall–Kier alpha value is -2.77. The summed E-state index contributed by atoms with van der Waals surface area (Å²) in [5.41, 5.74) is 1.02. The van der Waals surface area contributed by atoms with Crippen molar-refractivity contribution in [1.82, 2.24) is 9.97 Å². The standard InChI is InChI=1S/C16H13F2N3O3/c17-13(18)14-19-11-8-4-1-2-6-10(8)24-12(11)15(20-14)21-7-3-5-9(21)16(22)23/h1-2,4,6,9,13H,3,5,7H2,(H,22,23)/t9-/m0/s1. The van der Waals surface area contributed by atoms with E-state index in [0.29, 0.717) is 30.4 Å². The van der Waals surface area contributed by atoms with Gasteiger partial charge in [0.05, 0.1) is 0 Å². The Morgan fingerprint density at radius 3 is 2.88 bits per heavy atom.